The summed E-state index contributed by atoms with van der Waals surface area (Å²) in [6, 6.07) is 15.6. The van der Waals surface area contributed by atoms with Crippen LogP contribution in [0.15, 0.2) is 53.6 Å². The number of carbonyl (C=O) groups excluding carboxylic acids is 2. The van der Waals surface area contributed by atoms with Crippen LogP contribution in [0.3, 0.4) is 0 Å². The van der Waals surface area contributed by atoms with E-state index in [1.54, 1.807) is 0 Å². The highest BCUT2D eigenvalue weighted by Crippen LogP contribution is 2.28. The van der Waals surface area contributed by atoms with Crippen molar-refractivity contribution in [3.8, 4) is 11.5 Å². The molecule has 1 heterocycles. The molecular weight excluding hydrogens is 406 g/mol. The molecule has 32 heavy (non-hydrogen) atoms. The summed E-state index contributed by atoms with van der Waals surface area (Å²) in [6.45, 7) is 5.78. The molecular formula is C25H31N3O4. The molecule has 0 bridgehead atoms. The fourth-order valence-electron chi connectivity index (χ4n) is 3.51. The van der Waals surface area contributed by atoms with Crippen molar-refractivity contribution in [2.45, 2.75) is 39.5 Å². The van der Waals surface area contributed by atoms with Gasteiger partial charge in [-0.3, -0.25) is 9.59 Å². The lowest BCUT2D eigenvalue weighted by molar-refractivity contribution is -0.132. The van der Waals surface area contributed by atoms with Gasteiger partial charge >= 0.3 is 0 Å². The Hall–Kier alpha value is -3.35. The third kappa shape index (κ3) is 6.57. The fraction of sp³-hybridized carbons (Fsp3) is 0.400. The third-order valence-corrected chi connectivity index (χ3v) is 5.11. The lowest BCUT2D eigenvalue weighted by atomic mass is 10.0. The zero-order valence-corrected chi connectivity index (χ0v) is 18.8. The molecule has 0 aromatic heterocycles. The number of ether oxygens (including phenoxy) is 2. The maximum Gasteiger partial charge on any atom is 0.243 e. The van der Waals surface area contributed by atoms with Crippen LogP contribution in [0, 0.1) is 0 Å². The SMILES string of the molecule is CCOc1ccc(CCNC(=O)CCN2N=C(c3ccccc3)CCC2=O)cc1OCC. The standard InChI is InChI=1S/C25H31N3O4/c1-3-31-22-12-10-19(18-23(22)32-4-2)14-16-26-24(29)15-17-28-25(30)13-11-21(27-28)20-8-6-5-7-9-20/h5-10,12,18H,3-4,11,13-17H2,1-2H3,(H,26,29). The van der Waals surface area contributed by atoms with Crippen molar-refractivity contribution < 1.29 is 19.1 Å². The van der Waals surface area contributed by atoms with Crippen molar-refractivity contribution in [2.75, 3.05) is 26.3 Å². The van der Waals surface area contributed by atoms with Gasteiger partial charge in [0.25, 0.3) is 0 Å². The Bertz CT molecular complexity index is 943. The van der Waals surface area contributed by atoms with E-state index in [-0.39, 0.29) is 24.8 Å². The Kier molecular flexibility index (Phi) is 8.66. The van der Waals surface area contributed by atoms with Crippen LogP contribution in [0.1, 0.15) is 44.2 Å². The number of amides is 2. The Morgan fingerprint density at radius 3 is 2.53 bits per heavy atom. The van der Waals surface area contributed by atoms with E-state index in [0.29, 0.717) is 44.8 Å². The summed E-state index contributed by atoms with van der Waals surface area (Å²) in [5.74, 6) is 1.30. The third-order valence-electron chi connectivity index (χ3n) is 5.11. The molecule has 0 saturated carbocycles. The van der Waals surface area contributed by atoms with Crippen LogP contribution in [0.2, 0.25) is 0 Å². The quantitative estimate of drug-likeness (QED) is 0.583. The zero-order chi connectivity index (χ0) is 22.8. The van der Waals surface area contributed by atoms with Gasteiger partial charge in [-0.25, -0.2) is 5.01 Å². The Morgan fingerprint density at radius 1 is 1.03 bits per heavy atom. The van der Waals surface area contributed by atoms with Crippen molar-refractivity contribution in [1.29, 1.82) is 0 Å². The summed E-state index contributed by atoms with van der Waals surface area (Å²) in [7, 11) is 0. The van der Waals surface area contributed by atoms with Crippen LogP contribution in [0.25, 0.3) is 0 Å². The highest BCUT2D eigenvalue weighted by Gasteiger charge is 2.21. The van der Waals surface area contributed by atoms with E-state index < -0.39 is 0 Å². The molecule has 2 aromatic carbocycles. The number of benzene rings is 2. The van der Waals surface area contributed by atoms with Crippen molar-refractivity contribution >= 4 is 17.5 Å². The number of hydrazone groups is 1. The van der Waals surface area contributed by atoms with Gasteiger partial charge in [0.1, 0.15) is 0 Å². The second-order valence-electron chi connectivity index (χ2n) is 7.43. The van der Waals surface area contributed by atoms with Crippen molar-refractivity contribution in [1.82, 2.24) is 10.3 Å². The molecule has 0 spiro atoms. The van der Waals surface area contributed by atoms with Crippen LogP contribution >= 0.6 is 0 Å². The van der Waals surface area contributed by atoms with Crippen molar-refractivity contribution in [3.05, 3.63) is 59.7 Å². The van der Waals surface area contributed by atoms with Crippen LogP contribution in [0.4, 0.5) is 0 Å². The van der Waals surface area contributed by atoms with Crippen LogP contribution in [0.5, 0.6) is 11.5 Å². The van der Waals surface area contributed by atoms with Crippen LogP contribution in [-0.4, -0.2) is 48.8 Å². The lowest BCUT2D eigenvalue weighted by Crippen LogP contribution is -2.35. The van der Waals surface area contributed by atoms with Crippen molar-refractivity contribution in [3.63, 3.8) is 0 Å². The topological polar surface area (TPSA) is 80.2 Å². The minimum Gasteiger partial charge on any atom is -0.490 e. The Morgan fingerprint density at radius 2 is 1.78 bits per heavy atom. The molecule has 0 fully saturated rings. The van der Waals surface area contributed by atoms with E-state index in [1.165, 1.54) is 5.01 Å². The number of nitrogens with one attached hydrogen (secondary N) is 1. The molecule has 0 atom stereocenters. The lowest BCUT2D eigenvalue weighted by Gasteiger charge is -2.23. The van der Waals surface area contributed by atoms with Gasteiger partial charge in [0, 0.05) is 25.8 Å². The number of hydrogen-bond acceptors (Lipinski definition) is 5. The van der Waals surface area contributed by atoms with Crippen LogP contribution < -0.4 is 14.8 Å². The summed E-state index contributed by atoms with van der Waals surface area (Å²) >= 11 is 0. The minimum absolute atomic E-state index is 0.0460. The summed E-state index contributed by atoms with van der Waals surface area (Å²) in [5.41, 5.74) is 2.95. The molecule has 1 aliphatic rings. The predicted molar refractivity (Wildman–Crippen MR) is 124 cm³/mol. The Labute approximate surface area is 189 Å². The Balaban J connectivity index is 1.48. The summed E-state index contributed by atoms with van der Waals surface area (Å²) in [5, 5.41) is 8.82. The molecule has 2 aromatic rings. The van der Waals surface area contributed by atoms with Gasteiger partial charge in [-0.1, -0.05) is 36.4 Å². The molecule has 0 aliphatic carbocycles. The molecule has 1 aliphatic heterocycles. The first-order valence-electron chi connectivity index (χ1n) is 11.2. The van der Waals surface area contributed by atoms with Gasteiger partial charge in [-0.15, -0.1) is 0 Å². The molecule has 0 unspecified atom stereocenters. The second kappa shape index (κ2) is 11.9. The predicted octanol–water partition coefficient (Wildman–Crippen LogP) is 3.56. The van der Waals surface area contributed by atoms with E-state index >= 15 is 0 Å². The molecule has 0 radical (unpaired) electrons. The largest absolute Gasteiger partial charge is 0.490 e. The van der Waals surface area contributed by atoms with E-state index in [9.17, 15) is 9.59 Å². The molecule has 170 valence electrons. The van der Waals surface area contributed by atoms with E-state index in [2.05, 4.69) is 10.4 Å². The number of nitrogens with zero attached hydrogens (tertiary/aromatic N) is 2. The van der Waals surface area contributed by atoms with Crippen LogP contribution in [-0.2, 0) is 16.0 Å². The number of rotatable bonds is 11. The van der Waals surface area contributed by atoms with E-state index in [0.717, 1.165) is 22.6 Å². The van der Waals surface area contributed by atoms with Gasteiger partial charge in [0.15, 0.2) is 11.5 Å². The van der Waals surface area contributed by atoms with Gasteiger partial charge < -0.3 is 14.8 Å². The highest BCUT2D eigenvalue weighted by atomic mass is 16.5. The molecule has 0 saturated heterocycles. The normalized spacial score (nSPS) is 13.5. The first kappa shape index (κ1) is 23.3. The average molecular weight is 438 g/mol. The number of hydrogen-bond donors (Lipinski definition) is 1. The zero-order valence-electron chi connectivity index (χ0n) is 18.8. The van der Waals surface area contributed by atoms with Gasteiger partial charge in [-0.05, 0) is 43.5 Å². The summed E-state index contributed by atoms with van der Waals surface area (Å²) in [6.07, 6.45) is 1.93. The first-order chi connectivity index (χ1) is 15.6. The summed E-state index contributed by atoms with van der Waals surface area (Å²) < 4.78 is 11.2. The first-order valence-corrected chi connectivity index (χ1v) is 11.2. The number of carbonyl (C=O) groups is 2. The monoisotopic (exact) mass is 437 g/mol. The van der Waals surface area contributed by atoms with E-state index in [4.69, 9.17) is 9.47 Å². The van der Waals surface area contributed by atoms with Gasteiger partial charge in [0.2, 0.25) is 11.8 Å². The van der Waals surface area contributed by atoms with E-state index in [1.807, 2.05) is 62.4 Å². The minimum atomic E-state index is -0.101. The smallest absolute Gasteiger partial charge is 0.243 e. The summed E-state index contributed by atoms with van der Waals surface area (Å²) in [4.78, 5) is 24.5. The second-order valence-corrected chi connectivity index (χ2v) is 7.43. The molecule has 1 N–H and O–H groups in total. The maximum absolute atomic E-state index is 12.3. The average Bonchev–Trinajstić information content (AvgIpc) is 2.81. The van der Waals surface area contributed by atoms with Crippen molar-refractivity contribution in [2.24, 2.45) is 5.10 Å². The molecule has 3 rings (SSSR count). The molecule has 2 amide bonds. The highest BCUT2D eigenvalue weighted by molar-refractivity contribution is 6.04. The van der Waals surface area contributed by atoms with Gasteiger partial charge in [-0.2, -0.15) is 5.10 Å². The molecule has 7 nitrogen and oxygen atoms in total. The van der Waals surface area contributed by atoms with Gasteiger partial charge in [0.05, 0.1) is 25.5 Å². The maximum atomic E-state index is 12.3. The molecule has 7 heteroatoms. The fourth-order valence-corrected chi connectivity index (χ4v) is 3.51.